The average molecular weight is 372 g/mol. The Morgan fingerprint density at radius 2 is 1.96 bits per heavy atom. The van der Waals surface area contributed by atoms with Crippen molar-refractivity contribution in [2.75, 3.05) is 12.3 Å². The van der Waals surface area contributed by atoms with E-state index >= 15 is 0 Å². The van der Waals surface area contributed by atoms with Crippen molar-refractivity contribution in [2.24, 2.45) is 0 Å². The molecule has 0 unspecified atom stereocenters. The molecule has 25 heavy (non-hydrogen) atoms. The Bertz CT molecular complexity index is 921. The van der Waals surface area contributed by atoms with Gasteiger partial charge in [0.2, 0.25) is 0 Å². The van der Waals surface area contributed by atoms with E-state index in [1.54, 1.807) is 36.1 Å². The number of hydrogen-bond acceptors (Lipinski definition) is 3. The Kier molecular flexibility index (Phi) is 4.71. The molecule has 1 heterocycles. The molecule has 2 aromatic rings. The van der Waals surface area contributed by atoms with Gasteiger partial charge in [-0.2, -0.15) is 5.26 Å². The number of allylic oxidation sites excluding steroid dienone is 1. The normalized spacial score (nSPS) is 13.8. The number of fused-ring (bicyclic) bond motifs is 1. The van der Waals surface area contributed by atoms with E-state index in [1.165, 1.54) is 0 Å². The predicted octanol–water partition coefficient (Wildman–Crippen LogP) is 4.67. The number of anilines is 1. The third-order valence-corrected chi connectivity index (χ3v) is 4.91. The number of rotatable bonds is 3. The van der Waals surface area contributed by atoms with E-state index in [1.807, 2.05) is 12.1 Å². The van der Waals surface area contributed by atoms with E-state index in [9.17, 15) is 4.79 Å². The van der Waals surface area contributed by atoms with E-state index in [4.69, 9.17) is 34.2 Å². The topological polar surface area (TPSA) is 70.1 Å². The van der Waals surface area contributed by atoms with Gasteiger partial charge < -0.3 is 10.6 Å². The number of carbonyl (C=O) groups is 1. The summed E-state index contributed by atoms with van der Waals surface area (Å²) in [6.07, 6.45) is 1.72. The minimum absolute atomic E-state index is 0.0842. The monoisotopic (exact) mass is 371 g/mol. The highest BCUT2D eigenvalue weighted by Crippen LogP contribution is 2.38. The average Bonchev–Trinajstić information content (AvgIpc) is 2.93. The molecule has 3 rings (SSSR count). The summed E-state index contributed by atoms with van der Waals surface area (Å²) in [5.41, 5.74) is 9.93. The lowest BCUT2D eigenvalue weighted by molar-refractivity contribution is 0.0794. The van der Waals surface area contributed by atoms with Crippen LogP contribution < -0.4 is 5.73 Å². The number of carbonyl (C=O) groups excluding carboxylic acids is 1. The number of nitrogen functional groups attached to an aromatic ring is 1. The van der Waals surface area contributed by atoms with E-state index < -0.39 is 0 Å². The molecule has 0 bridgehead atoms. The molecule has 0 atom stereocenters. The van der Waals surface area contributed by atoms with Gasteiger partial charge in [0.25, 0.3) is 5.91 Å². The van der Waals surface area contributed by atoms with Crippen LogP contribution in [0.3, 0.4) is 0 Å². The molecule has 0 radical (unpaired) electrons. The Balaban J connectivity index is 2.04. The maximum absolute atomic E-state index is 12.7. The van der Waals surface area contributed by atoms with Gasteiger partial charge in [0, 0.05) is 17.7 Å². The number of nitrogens with two attached hydrogens (primary N) is 1. The molecule has 0 spiro atoms. The van der Waals surface area contributed by atoms with Gasteiger partial charge in [-0.1, -0.05) is 41.4 Å². The molecular formula is C19H15Cl2N3O. The van der Waals surface area contributed by atoms with Gasteiger partial charge in [-0.25, -0.2) is 0 Å². The number of nitriles is 1. The highest BCUT2D eigenvalue weighted by Gasteiger charge is 2.30. The van der Waals surface area contributed by atoms with Crippen LogP contribution in [0.1, 0.15) is 22.8 Å². The molecule has 1 aliphatic heterocycles. The van der Waals surface area contributed by atoms with Crippen LogP contribution in [-0.4, -0.2) is 17.4 Å². The Labute approximate surface area is 156 Å². The first-order chi connectivity index (χ1) is 12.0. The number of amides is 1. The zero-order chi connectivity index (χ0) is 18.1. The van der Waals surface area contributed by atoms with Gasteiger partial charge in [-0.3, -0.25) is 4.79 Å². The summed E-state index contributed by atoms with van der Waals surface area (Å²) in [6.45, 7) is 2.52. The molecule has 0 aromatic heterocycles. The highest BCUT2D eigenvalue weighted by molar-refractivity contribution is 6.39. The molecule has 2 aromatic carbocycles. The zero-order valence-corrected chi connectivity index (χ0v) is 15.0. The SMILES string of the molecule is C/C=C(/C#N)CN1Cc2c(cccc2-c2cc(Cl)c(N)c(Cl)c2)C1=O. The van der Waals surface area contributed by atoms with E-state index in [2.05, 4.69) is 6.07 Å². The van der Waals surface area contributed by atoms with E-state index in [0.29, 0.717) is 40.0 Å². The van der Waals surface area contributed by atoms with Gasteiger partial charge >= 0.3 is 0 Å². The fraction of sp³-hybridized carbons (Fsp3) is 0.158. The molecule has 4 nitrogen and oxygen atoms in total. The van der Waals surface area contributed by atoms with E-state index in [-0.39, 0.29) is 5.91 Å². The molecule has 2 N–H and O–H groups in total. The maximum atomic E-state index is 12.7. The Hall–Kier alpha value is -2.48. The molecule has 0 saturated heterocycles. The lowest BCUT2D eigenvalue weighted by Gasteiger charge is -2.15. The van der Waals surface area contributed by atoms with Crippen molar-refractivity contribution in [3.63, 3.8) is 0 Å². The summed E-state index contributed by atoms with van der Waals surface area (Å²) < 4.78 is 0. The van der Waals surface area contributed by atoms with Crippen molar-refractivity contribution >= 4 is 34.8 Å². The van der Waals surface area contributed by atoms with Crippen molar-refractivity contribution < 1.29 is 4.79 Å². The summed E-state index contributed by atoms with van der Waals surface area (Å²) >= 11 is 12.3. The van der Waals surface area contributed by atoms with Crippen LogP contribution in [0, 0.1) is 11.3 Å². The molecular weight excluding hydrogens is 357 g/mol. The summed E-state index contributed by atoms with van der Waals surface area (Å²) in [4.78, 5) is 14.3. The number of benzene rings is 2. The first-order valence-electron chi connectivity index (χ1n) is 7.67. The molecule has 0 fully saturated rings. The smallest absolute Gasteiger partial charge is 0.254 e. The van der Waals surface area contributed by atoms with Crippen LogP contribution >= 0.6 is 23.2 Å². The lowest BCUT2D eigenvalue weighted by Crippen LogP contribution is -2.25. The van der Waals surface area contributed by atoms with Gasteiger partial charge in [0.15, 0.2) is 0 Å². The van der Waals surface area contributed by atoms with Crippen LogP contribution in [0.2, 0.25) is 10.0 Å². The summed E-state index contributed by atoms with van der Waals surface area (Å²) in [7, 11) is 0. The fourth-order valence-electron chi connectivity index (χ4n) is 2.93. The van der Waals surface area contributed by atoms with Crippen molar-refractivity contribution in [3.8, 4) is 17.2 Å². The van der Waals surface area contributed by atoms with Crippen molar-refractivity contribution in [1.29, 1.82) is 5.26 Å². The molecule has 0 aliphatic carbocycles. The van der Waals surface area contributed by atoms with Crippen molar-refractivity contribution in [2.45, 2.75) is 13.5 Å². The minimum atomic E-state index is -0.0842. The van der Waals surface area contributed by atoms with E-state index in [0.717, 1.165) is 16.7 Å². The van der Waals surface area contributed by atoms with Crippen LogP contribution in [0.4, 0.5) is 5.69 Å². The molecule has 1 aliphatic rings. The van der Waals surface area contributed by atoms with Crippen molar-refractivity contribution in [1.82, 2.24) is 4.90 Å². The second-order valence-electron chi connectivity index (χ2n) is 5.77. The second kappa shape index (κ2) is 6.79. The minimum Gasteiger partial charge on any atom is -0.396 e. The fourth-order valence-corrected chi connectivity index (χ4v) is 3.41. The lowest BCUT2D eigenvalue weighted by atomic mass is 9.97. The highest BCUT2D eigenvalue weighted by atomic mass is 35.5. The molecule has 126 valence electrons. The standard InChI is InChI=1S/C19H15Cl2N3O/c1-2-11(8-22)9-24-10-15-13(4-3-5-14(15)19(24)25)12-6-16(20)18(23)17(21)7-12/h2-7H,9-10,23H2,1H3/b11-2-. The third-order valence-electron chi connectivity index (χ3n) is 4.29. The van der Waals surface area contributed by atoms with Gasteiger partial charge in [-0.05, 0) is 41.8 Å². The quantitative estimate of drug-likeness (QED) is 0.629. The largest absolute Gasteiger partial charge is 0.396 e. The first kappa shape index (κ1) is 17.3. The summed E-state index contributed by atoms with van der Waals surface area (Å²) in [5, 5.41) is 9.87. The van der Waals surface area contributed by atoms with Crippen molar-refractivity contribution in [3.05, 3.63) is 63.2 Å². The van der Waals surface area contributed by atoms with Gasteiger partial charge in [0.05, 0.1) is 28.3 Å². The molecule has 1 amide bonds. The maximum Gasteiger partial charge on any atom is 0.254 e. The molecule has 6 heteroatoms. The summed E-state index contributed by atoms with van der Waals surface area (Å²) in [6, 6.07) is 11.2. The van der Waals surface area contributed by atoms with Gasteiger partial charge in [-0.15, -0.1) is 0 Å². The third kappa shape index (κ3) is 3.09. The number of hydrogen-bond donors (Lipinski definition) is 1. The van der Waals surface area contributed by atoms with Crippen LogP contribution in [0.25, 0.3) is 11.1 Å². The predicted molar refractivity (Wildman–Crippen MR) is 100 cm³/mol. The molecule has 0 saturated carbocycles. The van der Waals surface area contributed by atoms with Crippen LogP contribution in [0.5, 0.6) is 0 Å². The number of nitrogens with zero attached hydrogens (tertiary/aromatic N) is 2. The van der Waals surface area contributed by atoms with Gasteiger partial charge in [0.1, 0.15) is 0 Å². The Morgan fingerprint density at radius 1 is 1.32 bits per heavy atom. The number of halogens is 2. The Morgan fingerprint density at radius 3 is 2.56 bits per heavy atom. The zero-order valence-electron chi connectivity index (χ0n) is 13.5. The van der Waals surface area contributed by atoms with Crippen LogP contribution in [-0.2, 0) is 6.54 Å². The second-order valence-corrected chi connectivity index (χ2v) is 6.59. The van der Waals surface area contributed by atoms with Crippen LogP contribution in [0.15, 0.2) is 42.0 Å². The summed E-state index contributed by atoms with van der Waals surface area (Å²) in [5.74, 6) is -0.0842. The first-order valence-corrected chi connectivity index (χ1v) is 8.43.